The van der Waals surface area contributed by atoms with E-state index in [1.807, 2.05) is 0 Å². The van der Waals surface area contributed by atoms with E-state index in [0.717, 1.165) is 18.9 Å². The second-order valence-corrected chi connectivity index (χ2v) is 4.43. The van der Waals surface area contributed by atoms with Crippen LogP contribution in [0.1, 0.15) is 30.1 Å². The maximum atomic E-state index is 12.4. The van der Waals surface area contributed by atoms with Gasteiger partial charge in [-0.3, -0.25) is 0 Å². The van der Waals surface area contributed by atoms with Gasteiger partial charge in [0, 0.05) is 0 Å². The number of aliphatic hydroxyl groups excluding tert-OH is 1. The summed E-state index contributed by atoms with van der Waals surface area (Å²) < 4.78 is 37.2. The fourth-order valence-electron chi connectivity index (χ4n) is 1.63. The molecule has 1 aromatic carbocycles. The quantitative estimate of drug-likeness (QED) is 0.846. The third kappa shape index (κ3) is 2.33. The lowest BCUT2D eigenvalue weighted by Crippen LogP contribution is -2.07. The normalized spacial score (nSPS) is 18.6. The van der Waals surface area contributed by atoms with Crippen LogP contribution in [-0.2, 0) is 6.18 Å². The van der Waals surface area contributed by atoms with Crippen molar-refractivity contribution in [2.75, 3.05) is 0 Å². The minimum Gasteiger partial charge on any atom is -0.388 e. The van der Waals surface area contributed by atoms with Gasteiger partial charge in [0.05, 0.1) is 16.7 Å². The van der Waals surface area contributed by atoms with Crippen molar-refractivity contribution in [2.45, 2.75) is 25.1 Å². The fraction of sp³-hybridized carbons (Fsp3) is 0.455. The van der Waals surface area contributed by atoms with Crippen molar-refractivity contribution >= 4 is 11.6 Å². The zero-order valence-corrected chi connectivity index (χ0v) is 9.02. The number of aliphatic hydroxyl groups is 1. The highest BCUT2D eigenvalue weighted by Gasteiger charge is 2.35. The van der Waals surface area contributed by atoms with Crippen LogP contribution in [0.2, 0.25) is 5.02 Å². The zero-order valence-electron chi connectivity index (χ0n) is 8.26. The number of alkyl halides is 3. The summed E-state index contributed by atoms with van der Waals surface area (Å²) in [6.45, 7) is 0. The topological polar surface area (TPSA) is 20.2 Å². The van der Waals surface area contributed by atoms with Crippen molar-refractivity contribution in [3.63, 3.8) is 0 Å². The van der Waals surface area contributed by atoms with Crippen LogP contribution in [0, 0.1) is 5.92 Å². The molecule has 1 saturated carbocycles. The first-order chi connectivity index (χ1) is 7.39. The molecule has 0 heterocycles. The Hall–Kier alpha value is -0.740. The summed E-state index contributed by atoms with van der Waals surface area (Å²) in [5, 5.41) is 9.38. The highest BCUT2D eigenvalue weighted by Crippen LogP contribution is 2.42. The molecule has 0 amide bonds. The average Bonchev–Trinajstić information content (AvgIpc) is 2.97. The predicted octanol–water partition coefficient (Wildman–Crippen LogP) is 3.80. The van der Waals surface area contributed by atoms with E-state index in [0.29, 0.717) is 5.56 Å². The molecule has 1 unspecified atom stereocenters. The van der Waals surface area contributed by atoms with Crippen molar-refractivity contribution < 1.29 is 18.3 Å². The second kappa shape index (κ2) is 3.93. The van der Waals surface area contributed by atoms with Crippen LogP contribution in [-0.4, -0.2) is 5.11 Å². The Balaban J connectivity index is 2.28. The third-order valence-corrected chi connectivity index (χ3v) is 3.02. The number of benzene rings is 1. The van der Waals surface area contributed by atoms with Crippen LogP contribution >= 0.6 is 11.6 Å². The monoisotopic (exact) mass is 250 g/mol. The molecular weight excluding hydrogens is 241 g/mol. The number of rotatable bonds is 2. The second-order valence-electron chi connectivity index (χ2n) is 4.02. The van der Waals surface area contributed by atoms with Gasteiger partial charge in [0.15, 0.2) is 0 Å². The maximum Gasteiger partial charge on any atom is 0.417 e. The molecule has 1 atom stereocenters. The lowest BCUT2D eigenvalue weighted by atomic mass is 10.0. The number of hydrogen-bond acceptors (Lipinski definition) is 1. The maximum absolute atomic E-state index is 12.4. The molecule has 0 bridgehead atoms. The van der Waals surface area contributed by atoms with E-state index in [1.54, 1.807) is 0 Å². The van der Waals surface area contributed by atoms with Crippen LogP contribution in [0.15, 0.2) is 18.2 Å². The predicted molar refractivity (Wildman–Crippen MR) is 54.1 cm³/mol. The summed E-state index contributed by atoms with van der Waals surface area (Å²) in [7, 11) is 0. The van der Waals surface area contributed by atoms with Gasteiger partial charge in [0.1, 0.15) is 0 Å². The summed E-state index contributed by atoms with van der Waals surface area (Å²) in [6, 6.07) is 3.41. The number of hydrogen-bond donors (Lipinski definition) is 1. The van der Waals surface area contributed by atoms with E-state index in [4.69, 9.17) is 11.6 Å². The molecule has 0 radical (unpaired) electrons. The zero-order chi connectivity index (χ0) is 11.9. The molecule has 1 aromatic rings. The fourth-order valence-corrected chi connectivity index (χ4v) is 1.93. The van der Waals surface area contributed by atoms with Gasteiger partial charge in [0.25, 0.3) is 0 Å². The van der Waals surface area contributed by atoms with Crippen LogP contribution < -0.4 is 0 Å². The summed E-state index contributed by atoms with van der Waals surface area (Å²) >= 11 is 5.55. The Labute approximate surface area is 95.8 Å². The molecule has 0 aliphatic heterocycles. The van der Waals surface area contributed by atoms with Crippen LogP contribution in [0.4, 0.5) is 13.2 Å². The molecule has 5 heteroatoms. The van der Waals surface area contributed by atoms with E-state index >= 15 is 0 Å². The minimum atomic E-state index is -4.44. The van der Waals surface area contributed by atoms with Gasteiger partial charge < -0.3 is 5.11 Å². The molecule has 1 N–H and O–H groups in total. The standard InChI is InChI=1S/C11H10ClF3O/c12-9-5-7(10(16)6-1-2-6)3-4-8(9)11(13,14)15/h3-6,10,16H,1-2H2. The molecule has 0 aromatic heterocycles. The van der Waals surface area contributed by atoms with Crippen LogP contribution in [0.5, 0.6) is 0 Å². The molecule has 88 valence electrons. The third-order valence-electron chi connectivity index (χ3n) is 2.71. The van der Waals surface area contributed by atoms with E-state index in [1.165, 1.54) is 12.1 Å². The van der Waals surface area contributed by atoms with Gasteiger partial charge in [-0.2, -0.15) is 13.2 Å². The summed E-state index contributed by atoms with van der Waals surface area (Å²) in [6.07, 6.45) is -3.31. The molecule has 16 heavy (non-hydrogen) atoms. The van der Waals surface area contributed by atoms with Crippen molar-refractivity contribution in [3.05, 3.63) is 34.3 Å². The molecule has 1 aliphatic carbocycles. The first kappa shape index (κ1) is 11.7. The molecule has 1 aliphatic rings. The molecule has 0 spiro atoms. The minimum absolute atomic E-state index is 0.174. The summed E-state index contributed by atoms with van der Waals surface area (Å²) in [5.41, 5.74) is -0.401. The van der Waals surface area contributed by atoms with E-state index in [-0.39, 0.29) is 10.9 Å². The first-order valence-corrected chi connectivity index (χ1v) is 5.32. The van der Waals surface area contributed by atoms with Crippen molar-refractivity contribution in [1.82, 2.24) is 0 Å². The Morgan fingerprint density at radius 1 is 1.31 bits per heavy atom. The SMILES string of the molecule is OC(c1ccc(C(F)(F)F)c(Cl)c1)C1CC1. The van der Waals surface area contributed by atoms with Gasteiger partial charge >= 0.3 is 6.18 Å². The lowest BCUT2D eigenvalue weighted by Gasteiger charge is -2.13. The van der Waals surface area contributed by atoms with Gasteiger partial charge in [-0.15, -0.1) is 0 Å². The molecule has 0 saturated heterocycles. The Morgan fingerprint density at radius 3 is 2.38 bits per heavy atom. The molecular formula is C11H10ClF3O. The highest BCUT2D eigenvalue weighted by atomic mass is 35.5. The largest absolute Gasteiger partial charge is 0.417 e. The Morgan fingerprint density at radius 2 is 1.94 bits per heavy atom. The Kier molecular flexibility index (Phi) is 2.88. The molecule has 1 fully saturated rings. The Bertz CT molecular complexity index is 399. The van der Waals surface area contributed by atoms with E-state index in [2.05, 4.69) is 0 Å². The van der Waals surface area contributed by atoms with Gasteiger partial charge in [-0.25, -0.2) is 0 Å². The van der Waals surface area contributed by atoms with Gasteiger partial charge in [-0.1, -0.05) is 17.7 Å². The summed E-state index contributed by atoms with van der Waals surface area (Å²) in [5.74, 6) is 0.174. The smallest absolute Gasteiger partial charge is 0.388 e. The van der Waals surface area contributed by atoms with Crippen LogP contribution in [0.25, 0.3) is 0 Å². The summed E-state index contributed by atoms with van der Waals surface area (Å²) in [4.78, 5) is 0. The number of halogens is 4. The van der Waals surface area contributed by atoms with E-state index < -0.39 is 17.8 Å². The average molecular weight is 251 g/mol. The highest BCUT2D eigenvalue weighted by molar-refractivity contribution is 6.31. The first-order valence-electron chi connectivity index (χ1n) is 4.94. The van der Waals surface area contributed by atoms with Crippen molar-refractivity contribution in [2.24, 2.45) is 5.92 Å². The van der Waals surface area contributed by atoms with Crippen LogP contribution in [0.3, 0.4) is 0 Å². The molecule has 2 rings (SSSR count). The van der Waals surface area contributed by atoms with Gasteiger partial charge in [0.2, 0.25) is 0 Å². The van der Waals surface area contributed by atoms with Gasteiger partial charge in [-0.05, 0) is 36.5 Å². The van der Waals surface area contributed by atoms with E-state index in [9.17, 15) is 18.3 Å². The molecule has 1 nitrogen and oxygen atoms in total. The lowest BCUT2D eigenvalue weighted by molar-refractivity contribution is -0.137. The van der Waals surface area contributed by atoms with Crippen molar-refractivity contribution in [3.8, 4) is 0 Å². The van der Waals surface area contributed by atoms with Crippen molar-refractivity contribution in [1.29, 1.82) is 0 Å².